The third-order valence-electron chi connectivity index (χ3n) is 3.33. The molecular formula is C14H23NO5. The zero-order valence-corrected chi connectivity index (χ0v) is 12.5. The van der Waals surface area contributed by atoms with Crippen LogP contribution in [0.3, 0.4) is 0 Å². The molecule has 1 fully saturated rings. The van der Waals surface area contributed by atoms with Crippen LogP contribution in [0.2, 0.25) is 0 Å². The molecule has 1 heterocycles. The molecule has 1 atom stereocenters. The van der Waals surface area contributed by atoms with Crippen LogP contribution in [0.1, 0.15) is 40.5 Å². The van der Waals surface area contributed by atoms with E-state index in [1.165, 1.54) is 0 Å². The maximum Gasteiger partial charge on any atom is 0.344 e. The summed E-state index contributed by atoms with van der Waals surface area (Å²) >= 11 is 0. The Morgan fingerprint density at radius 2 is 1.75 bits per heavy atom. The highest BCUT2D eigenvalue weighted by molar-refractivity contribution is 6.10. The number of carbonyl (C=O) groups is 3. The first-order chi connectivity index (χ1) is 9.38. The SMILES string of the molecule is CCOC(=O)C1(C(=O)OCC)NC(=O)C[C@H]1CC(C)C. The van der Waals surface area contributed by atoms with Gasteiger partial charge >= 0.3 is 11.9 Å². The predicted octanol–water partition coefficient (Wildman–Crippen LogP) is 1.03. The molecule has 0 aromatic heterocycles. The van der Waals surface area contributed by atoms with E-state index in [4.69, 9.17) is 9.47 Å². The molecule has 1 N–H and O–H groups in total. The quantitative estimate of drug-likeness (QED) is 0.582. The molecule has 0 unspecified atom stereocenters. The van der Waals surface area contributed by atoms with Crippen LogP contribution >= 0.6 is 0 Å². The Hall–Kier alpha value is -1.59. The monoisotopic (exact) mass is 285 g/mol. The molecule has 1 aliphatic rings. The second kappa shape index (κ2) is 6.72. The van der Waals surface area contributed by atoms with Crippen molar-refractivity contribution in [1.82, 2.24) is 5.32 Å². The van der Waals surface area contributed by atoms with Crippen LogP contribution < -0.4 is 5.32 Å². The van der Waals surface area contributed by atoms with Crippen LogP contribution in [0.4, 0.5) is 0 Å². The Bertz CT molecular complexity index is 373. The lowest BCUT2D eigenvalue weighted by Crippen LogP contribution is -2.60. The molecular weight excluding hydrogens is 262 g/mol. The van der Waals surface area contributed by atoms with Gasteiger partial charge in [-0.2, -0.15) is 0 Å². The first-order valence-electron chi connectivity index (χ1n) is 7.03. The summed E-state index contributed by atoms with van der Waals surface area (Å²) in [5, 5.41) is 2.50. The fourth-order valence-corrected chi connectivity index (χ4v) is 2.59. The van der Waals surface area contributed by atoms with Crippen LogP contribution in [-0.4, -0.2) is 36.6 Å². The zero-order chi connectivity index (χ0) is 15.3. The van der Waals surface area contributed by atoms with Gasteiger partial charge in [-0.1, -0.05) is 13.8 Å². The van der Waals surface area contributed by atoms with E-state index in [-0.39, 0.29) is 31.5 Å². The Kier molecular flexibility index (Phi) is 5.53. The number of hydrogen-bond acceptors (Lipinski definition) is 5. The molecule has 114 valence electrons. The maximum atomic E-state index is 12.3. The molecule has 0 spiro atoms. The number of amides is 1. The molecule has 0 aromatic carbocycles. The number of rotatable bonds is 6. The maximum absolute atomic E-state index is 12.3. The van der Waals surface area contributed by atoms with E-state index in [2.05, 4.69) is 5.32 Å². The minimum Gasteiger partial charge on any atom is -0.464 e. The van der Waals surface area contributed by atoms with Crippen LogP contribution in [0.5, 0.6) is 0 Å². The van der Waals surface area contributed by atoms with E-state index in [9.17, 15) is 14.4 Å². The number of nitrogens with one attached hydrogen (secondary N) is 1. The molecule has 0 radical (unpaired) electrons. The second-order valence-electron chi connectivity index (χ2n) is 5.33. The average Bonchev–Trinajstić information content (AvgIpc) is 2.66. The first kappa shape index (κ1) is 16.5. The lowest BCUT2D eigenvalue weighted by Gasteiger charge is -2.30. The van der Waals surface area contributed by atoms with E-state index in [0.717, 1.165) is 0 Å². The van der Waals surface area contributed by atoms with E-state index in [0.29, 0.717) is 6.42 Å². The molecule has 20 heavy (non-hydrogen) atoms. The van der Waals surface area contributed by atoms with Crippen molar-refractivity contribution in [3.05, 3.63) is 0 Å². The smallest absolute Gasteiger partial charge is 0.344 e. The zero-order valence-electron chi connectivity index (χ0n) is 12.5. The Labute approximate surface area is 119 Å². The van der Waals surface area contributed by atoms with Gasteiger partial charge in [0.05, 0.1) is 13.2 Å². The molecule has 6 nitrogen and oxygen atoms in total. The summed E-state index contributed by atoms with van der Waals surface area (Å²) < 4.78 is 10.0. The van der Waals surface area contributed by atoms with E-state index in [1.54, 1.807) is 13.8 Å². The molecule has 0 bridgehead atoms. The van der Waals surface area contributed by atoms with Gasteiger partial charge < -0.3 is 14.8 Å². The van der Waals surface area contributed by atoms with Crippen LogP contribution in [0.25, 0.3) is 0 Å². The van der Waals surface area contributed by atoms with Crippen molar-refractivity contribution >= 4 is 17.8 Å². The van der Waals surface area contributed by atoms with Gasteiger partial charge in [-0.3, -0.25) is 4.79 Å². The molecule has 1 saturated heterocycles. The third kappa shape index (κ3) is 3.11. The highest BCUT2D eigenvalue weighted by atomic mass is 16.6. The predicted molar refractivity (Wildman–Crippen MR) is 71.7 cm³/mol. The van der Waals surface area contributed by atoms with Gasteiger partial charge in [0.15, 0.2) is 0 Å². The van der Waals surface area contributed by atoms with Gasteiger partial charge in [0.2, 0.25) is 11.4 Å². The Morgan fingerprint density at radius 3 is 2.15 bits per heavy atom. The summed E-state index contributed by atoms with van der Waals surface area (Å²) in [5.41, 5.74) is -1.69. The van der Waals surface area contributed by atoms with Gasteiger partial charge in [0.1, 0.15) is 0 Å². The number of hydrogen-bond donors (Lipinski definition) is 1. The standard InChI is InChI=1S/C14H23NO5/c1-5-19-12(17)14(13(18)20-6-2)10(7-9(3)4)8-11(16)15-14/h9-10H,5-8H2,1-4H3,(H,15,16)/t10-/m1/s1. The third-order valence-corrected chi connectivity index (χ3v) is 3.33. The summed E-state index contributed by atoms with van der Waals surface area (Å²) in [6.45, 7) is 7.55. The lowest BCUT2D eigenvalue weighted by atomic mass is 9.80. The van der Waals surface area contributed by atoms with Crippen molar-refractivity contribution in [2.75, 3.05) is 13.2 Å². The lowest BCUT2D eigenvalue weighted by molar-refractivity contribution is -0.168. The number of carbonyl (C=O) groups excluding carboxylic acids is 3. The van der Waals surface area contributed by atoms with Gasteiger partial charge in [-0.05, 0) is 26.2 Å². The van der Waals surface area contributed by atoms with Crippen molar-refractivity contribution in [2.24, 2.45) is 11.8 Å². The molecule has 1 rings (SSSR count). The fraction of sp³-hybridized carbons (Fsp3) is 0.786. The first-order valence-corrected chi connectivity index (χ1v) is 7.03. The molecule has 1 amide bonds. The number of ether oxygens (including phenoxy) is 2. The van der Waals surface area contributed by atoms with E-state index < -0.39 is 23.4 Å². The Balaban J connectivity index is 3.15. The summed E-state index contributed by atoms with van der Waals surface area (Å²) in [7, 11) is 0. The average molecular weight is 285 g/mol. The normalized spacial score (nSPS) is 20.6. The van der Waals surface area contributed by atoms with E-state index >= 15 is 0 Å². The van der Waals surface area contributed by atoms with Crippen molar-refractivity contribution in [3.63, 3.8) is 0 Å². The van der Waals surface area contributed by atoms with Gasteiger partial charge in [0.25, 0.3) is 0 Å². The largest absolute Gasteiger partial charge is 0.464 e. The summed E-state index contributed by atoms with van der Waals surface area (Å²) in [6.07, 6.45) is 0.701. The van der Waals surface area contributed by atoms with Crippen molar-refractivity contribution in [2.45, 2.75) is 46.1 Å². The highest BCUT2D eigenvalue weighted by Crippen LogP contribution is 2.35. The molecule has 0 saturated carbocycles. The van der Waals surface area contributed by atoms with Crippen molar-refractivity contribution in [3.8, 4) is 0 Å². The van der Waals surface area contributed by atoms with Gasteiger partial charge in [-0.25, -0.2) is 9.59 Å². The van der Waals surface area contributed by atoms with Crippen molar-refractivity contribution < 1.29 is 23.9 Å². The van der Waals surface area contributed by atoms with Crippen LogP contribution in [-0.2, 0) is 23.9 Å². The minimum atomic E-state index is -1.69. The van der Waals surface area contributed by atoms with Gasteiger partial charge in [0, 0.05) is 12.3 Å². The summed E-state index contributed by atoms with van der Waals surface area (Å²) in [5.74, 6) is -1.97. The number of esters is 2. The molecule has 0 aliphatic carbocycles. The van der Waals surface area contributed by atoms with Gasteiger partial charge in [-0.15, -0.1) is 0 Å². The molecule has 0 aromatic rings. The van der Waals surface area contributed by atoms with Crippen LogP contribution in [0, 0.1) is 11.8 Å². The Morgan fingerprint density at radius 1 is 1.25 bits per heavy atom. The topological polar surface area (TPSA) is 81.7 Å². The fourth-order valence-electron chi connectivity index (χ4n) is 2.59. The minimum absolute atomic E-state index is 0.135. The molecule has 1 aliphatic heterocycles. The highest BCUT2D eigenvalue weighted by Gasteiger charge is 2.60. The molecule has 6 heteroatoms. The summed E-state index contributed by atoms with van der Waals surface area (Å²) in [6, 6.07) is 0. The summed E-state index contributed by atoms with van der Waals surface area (Å²) in [4.78, 5) is 36.3. The van der Waals surface area contributed by atoms with Crippen molar-refractivity contribution in [1.29, 1.82) is 0 Å². The van der Waals surface area contributed by atoms with Crippen LogP contribution in [0.15, 0.2) is 0 Å². The second-order valence-corrected chi connectivity index (χ2v) is 5.33. The van der Waals surface area contributed by atoms with E-state index in [1.807, 2.05) is 13.8 Å².